The van der Waals surface area contributed by atoms with Gasteiger partial charge in [-0.2, -0.15) is 0 Å². The van der Waals surface area contributed by atoms with Gasteiger partial charge in [0.25, 0.3) is 17.5 Å². The highest BCUT2D eigenvalue weighted by Gasteiger charge is 2.31. The predicted octanol–water partition coefficient (Wildman–Crippen LogP) is 5.35. The average molecular weight is 481 g/mol. The number of nitrogens with one attached hydrogen (secondary N) is 2. The van der Waals surface area contributed by atoms with E-state index >= 15 is 0 Å². The second-order valence-corrected chi connectivity index (χ2v) is 11.0. The lowest BCUT2D eigenvalue weighted by atomic mass is 10.0. The number of nitro benzene ring substituents is 1. The highest BCUT2D eigenvalue weighted by molar-refractivity contribution is 7.99. The Balaban J connectivity index is 2.28. The molecule has 1 aromatic heterocycles. The Morgan fingerprint density at radius 2 is 1.59 bits per heavy atom. The summed E-state index contributed by atoms with van der Waals surface area (Å²) in [7, 11) is 0. The van der Waals surface area contributed by atoms with Gasteiger partial charge in [0, 0.05) is 39.8 Å². The molecular weight excluding hydrogens is 452 g/mol. The van der Waals surface area contributed by atoms with Gasteiger partial charge >= 0.3 is 0 Å². The molecule has 0 fully saturated rings. The fourth-order valence-corrected chi connectivity index (χ4v) is 4.55. The van der Waals surface area contributed by atoms with Crippen LogP contribution in [-0.4, -0.2) is 32.8 Å². The SMILES string of the molecule is CC(C)(C)NC(=O)c1ccc([N+](=O)[O-])c(Sc2cccc3cnccc23)c1C(=O)NC(C)(C)C. The minimum Gasteiger partial charge on any atom is -0.347 e. The van der Waals surface area contributed by atoms with E-state index in [1.165, 1.54) is 12.1 Å². The van der Waals surface area contributed by atoms with Crippen LogP contribution in [0.5, 0.6) is 0 Å². The van der Waals surface area contributed by atoms with Gasteiger partial charge in [-0.05, 0) is 65.1 Å². The van der Waals surface area contributed by atoms with Crippen LogP contribution in [0, 0.1) is 10.1 Å². The number of nitrogens with zero attached hydrogens (tertiary/aromatic N) is 2. The Hall–Kier alpha value is -3.46. The first-order valence-corrected chi connectivity index (χ1v) is 11.6. The van der Waals surface area contributed by atoms with Crippen LogP contribution in [0.2, 0.25) is 0 Å². The molecule has 2 aromatic carbocycles. The van der Waals surface area contributed by atoms with E-state index in [0.29, 0.717) is 4.90 Å². The molecule has 0 unspecified atom stereocenters. The number of carbonyl (C=O) groups excluding carboxylic acids is 2. The van der Waals surface area contributed by atoms with Gasteiger partial charge < -0.3 is 10.6 Å². The summed E-state index contributed by atoms with van der Waals surface area (Å²) in [4.78, 5) is 43.0. The summed E-state index contributed by atoms with van der Waals surface area (Å²) < 4.78 is 0. The summed E-state index contributed by atoms with van der Waals surface area (Å²) in [6, 6.07) is 9.97. The van der Waals surface area contributed by atoms with E-state index in [2.05, 4.69) is 15.6 Å². The van der Waals surface area contributed by atoms with Gasteiger partial charge in [0.05, 0.1) is 16.1 Å². The molecule has 9 heteroatoms. The van der Waals surface area contributed by atoms with Crippen molar-refractivity contribution in [3.05, 3.63) is 70.0 Å². The number of carbonyl (C=O) groups is 2. The molecular formula is C25H28N4O4S. The van der Waals surface area contributed by atoms with E-state index in [1.54, 1.807) is 12.4 Å². The lowest BCUT2D eigenvalue weighted by molar-refractivity contribution is -0.387. The normalized spacial score (nSPS) is 11.8. The quantitative estimate of drug-likeness (QED) is 0.376. The van der Waals surface area contributed by atoms with Crippen molar-refractivity contribution < 1.29 is 14.5 Å². The van der Waals surface area contributed by atoms with E-state index in [0.717, 1.165) is 22.5 Å². The summed E-state index contributed by atoms with van der Waals surface area (Å²) in [5.74, 6) is -1.04. The van der Waals surface area contributed by atoms with Crippen LogP contribution >= 0.6 is 11.8 Å². The second kappa shape index (κ2) is 9.42. The third-order valence-corrected chi connectivity index (χ3v) is 5.83. The molecule has 3 aromatic rings. The molecule has 34 heavy (non-hydrogen) atoms. The van der Waals surface area contributed by atoms with Gasteiger partial charge in [-0.3, -0.25) is 24.7 Å². The van der Waals surface area contributed by atoms with E-state index in [-0.39, 0.29) is 21.7 Å². The number of pyridine rings is 1. The maximum absolute atomic E-state index is 13.5. The number of aromatic nitrogens is 1. The molecule has 3 rings (SSSR count). The monoisotopic (exact) mass is 480 g/mol. The van der Waals surface area contributed by atoms with Crippen molar-refractivity contribution in [2.24, 2.45) is 0 Å². The van der Waals surface area contributed by atoms with Gasteiger partial charge in [-0.15, -0.1) is 0 Å². The van der Waals surface area contributed by atoms with Crippen molar-refractivity contribution in [1.29, 1.82) is 0 Å². The van der Waals surface area contributed by atoms with Crippen LogP contribution in [0.1, 0.15) is 62.3 Å². The van der Waals surface area contributed by atoms with Gasteiger partial charge in [-0.1, -0.05) is 23.9 Å². The summed E-state index contributed by atoms with van der Waals surface area (Å²) in [6.45, 7) is 10.9. The van der Waals surface area contributed by atoms with E-state index in [4.69, 9.17) is 0 Å². The van der Waals surface area contributed by atoms with E-state index in [1.807, 2.05) is 65.8 Å². The molecule has 178 valence electrons. The number of benzene rings is 2. The number of rotatable bonds is 5. The second-order valence-electron chi connectivity index (χ2n) is 9.96. The molecule has 0 saturated carbocycles. The Kier molecular flexibility index (Phi) is 6.97. The molecule has 8 nitrogen and oxygen atoms in total. The number of amides is 2. The molecule has 2 N–H and O–H groups in total. The first-order chi connectivity index (χ1) is 15.8. The zero-order chi connectivity index (χ0) is 25.3. The summed E-state index contributed by atoms with van der Waals surface area (Å²) in [5.41, 5.74) is -1.38. The van der Waals surface area contributed by atoms with Crippen molar-refractivity contribution in [1.82, 2.24) is 15.6 Å². The largest absolute Gasteiger partial charge is 0.347 e. The van der Waals surface area contributed by atoms with Gasteiger partial charge in [0.1, 0.15) is 4.90 Å². The lowest BCUT2D eigenvalue weighted by Gasteiger charge is -2.24. The number of nitro groups is 1. The molecule has 0 spiro atoms. The fraction of sp³-hybridized carbons (Fsp3) is 0.320. The molecule has 1 heterocycles. The molecule has 0 saturated heterocycles. The summed E-state index contributed by atoms with van der Waals surface area (Å²) >= 11 is 1.09. The highest BCUT2D eigenvalue weighted by Crippen LogP contribution is 2.41. The van der Waals surface area contributed by atoms with E-state index in [9.17, 15) is 19.7 Å². The van der Waals surface area contributed by atoms with Crippen LogP contribution < -0.4 is 10.6 Å². The van der Waals surface area contributed by atoms with E-state index < -0.39 is 27.8 Å². The lowest BCUT2D eigenvalue weighted by Crippen LogP contribution is -2.44. The van der Waals surface area contributed by atoms with Crippen molar-refractivity contribution in [3.8, 4) is 0 Å². The van der Waals surface area contributed by atoms with Crippen LogP contribution in [0.15, 0.2) is 58.6 Å². The van der Waals surface area contributed by atoms with Gasteiger partial charge in [0.15, 0.2) is 0 Å². The maximum atomic E-state index is 13.5. The molecule has 0 aliphatic carbocycles. The van der Waals surface area contributed by atoms with Crippen LogP contribution in [0.4, 0.5) is 5.69 Å². The Morgan fingerprint density at radius 3 is 2.21 bits per heavy atom. The van der Waals surface area contributed by atoms with Crippen LogP contribution in [-0.2, 0) is 0 Å². The number of hydrogen-bond acceptors (Lipinski definition) is 6. The number of fused-ring (bicyclic) bond motifs is 1. The highest BCUT2D eigenvalue weighted by atomic mass is 32.2. The zero-order valence-electron chi connectivity index (χ0n) is 20.1. The van der Waals surface area contributed by atoms with Crippen molar-refractivity contribution in [3.63, 3.8) is 0 Å². The topological polar surface area (TPSA) is 114 Å². The minimum atomic E-state index is -0.619. The smallest absolute Gasteiger partial charge is 0.284 e. The van der Waals surface area contributed by atoms with Crippen LogP contribution in [0.3, 0.4) is 0 Å². The van der Waals surface area contributed by atoms with Gasteiger partial charge in [0.2, 0.25) is 0 Å². The standard InChI is InChI=1S/C25H28N4O4S/c1-24(2,3)27-22(30)17-10-11-18(29(32)33)21(20(17)23(31)28-25(4,5)6)34-19-9-7-8-15-14-26-13-12-16(15)19/h7-14H,1-6H3,(H,27,30)(H,28,31). The average Bonchev–Trinajstić information content (AvgIpc) is 2.71. The zero-order valence-corrected chi connectivity index (χ0v) is 20.9. The molecule has 0 aliphatic heterocycles. The molecule has 0 atom stereocenters. The van der Waals surface area contributed by atoms with Crippen molar-refractivity contribution >= 4 is 40.0 Å². The van der Waals surface area contributed by atoms with Gasteiger partial charge in [-0.25, -0.2) is 0 Å². The minimum absolute atomic E-state index is 0.0260. The Bertz CT molecular complexity index is 1270. The summed E-state index contributed by atoms with van der Waals surface area (Å²) in [5, 5.41) is 19.4. The first kappa shape index (κ1) is 25.2. The molecule has 0 aliphatic rings. The van der Waals surface area contributed by atoms with Crippen molar-refractivity contribution in [2.75, 3.05) is 0 Å². The first-order valence-electron chi connectivity index (χ1n) is 10.7. The maximum Gasteiger partial charge on any atom is 0.284 e. The fourth-order valence-electron chi connectivity index (χ4n) is 3.34. The Labute approximate surface area is 202 Å². The third kappa shape index (κ3) is 5.91. The third-order valence-electron chi connectivity index (χ3n) is 4.64. The summed E-state index contributed by atoms with van der Waals surface area (Å²) in [6.07, 6.45) is 3.34. The van der Waals surface area contributed by atoms with Crippen molar-refractivity contribution in [2.45, 2.75) is 62.4 Å². The number of hydrogen-bond donors (Lipinski definition) is 2. The molecule has 0 bridgehead atoms. The van der Waals surface area contributed by atoms with Crippen LogP contribution in [0.25, 0.3) is 10.8 Å². The Morgan fingerprint density at radius 1 is 0.941 bits per heavy atom. The predicted molar refractivity (Wildman–Crippen MR) is 133 cm³/mol. The molecule has 0 radical (unpaired) electrons. The molecule has 2 amide bonds.